The predicted octanol–water partition coefficient (Wildman–Crippen LogP) is 3.52. The maximum atomic E-state index is 5.90. The van der Waals surface area contributed by atoms with E-state index in [4.69, 9.17) is 11.6 Å². The molecule has 4 nitrogen and oxygen atoms in total. The number of hydrogen-bond acceptors (Lipinski definition) is 3. The van der Waals surface area contributed by atoms with E-state index in [1.54, 1.807) is 16.6 Å². The topological polar surface area (TPSA) is 43.1 Å². The summed E-state index contributed by atoms with van der Waals surface area (Å²) in [7, 11) is 0. The van der Waals surface area contributed by atoms with Crippen LogP contribution in [0.15, 0.2) is 34.8 Å². The molecule has 0 radical (unpaired) electrons. The van der Waals surface area contributed by atoms with Gasteiger partial charge in [0.1, 0.15) is 5.15 Å². The molecule has 3 rings (SSSR count). The monoisotopic (exact) mass is 322 g/mol. The fraction of sp³-hybridized carbons (Fsp3) is 0.0833. The number of halogens is 2. The first-order valence-corrected chi connectivity index (χ1v) is 6.46. The molecule has 0 aliphatic heterocycles. The second-order valence-electron chi connectivity index (χ2n) is 3.97. The van der Waals surface area contributed by atoms with Crippen LogP contribution in [-0.2, 0) is 0 Å². The van der Waals surface area contributed by atoms with Crippen molar-refractivity contribution in [1.29, 1.82) is 0 Å². The van der Waals surface area contributed by atoms with Gasteiger partial charge in [-0.3, -0.25) is 0 Å². The SMILES string of the molecule is Cc1cc(Br)cc(-c2nnc3ccc(Cl)nn23)c1. The van der Waals surface area contributed by atoms with Crippen molar-refractivity contribution in [3.63, 3.8) is 0 Å². The van der Waals surface area contributed by atoms with E-state index in [9.17, 15) is 0 Å². The fourth-order valence-corrected chi connectivity index (χ4v) is 2.56. The summed E-state index contributed by atoms with van der Waals surface area (Å²) in [5, 5.41) is 12.9. The zero-order valence-electron chi connectivity index (χ0n) is 9.43. The minimum absolute atomic E-state index is 0.412. The van der Waals surface area contributed by atoms with Crippen LogP contribution in [0.3, 0.4) is 0 Å². The molecule has 1 aromatic carbocycles. The molecule has 2 heterocycles. The number of aromatic nitrogens is 4. The van der Waals surface area contributed by atoms with Crippen LogP contribution in [0.1, 0.15) is 5.56 Å². The third-order valence-electron chi connectivity index (χ3n) is 2.53. The highest BCUT2D eigenvalue weighted by atomic mass is 79.9. The first-order chi connectivity index (χ1) is 8.63. The van der Waals surface area contributed by atoms with Crippen molar-refractivity contribution in [2.45, 2.75) is 6.92 Å². The number of aryl methyl sites for hydroxylation is 1. The quantitative estimate of drug-likeness (QED) is 0.688. The van der Waals surface area contributed by atoms with Gasteiger partial charge in [-0.1, -0.05) is 27.5 Å². The molecule has 0 bridgehead atoms. The van der Waals surface area contributed by atoms with Crippen molar-refractivity contribution in [3.8, 4) is 11.4 Å². The lowest BCUT2D eigenvalue weighted by Gasteiger charge is -2.02. The minimum Gasteiger partial charge on any atom is -0.191 e. The summed E-state index contributed by atoms with van der Waals surface area (Å²) < 4.78 is 2.64. The molecule has 90 valence electrons. The normalized spacial score (nSPS) is 11.1. The molecular weight excluding hydrogens is 316 g/mol. The number of benzene rings is 1. The Kier molecular flexibility index (Phi) is 2.80. The fourth-order valence-electron chi connectivity index (χ4n) is 1.81. The van der Waals surface area contributed by atoms with Crippen molar-refractivity contribution in [2.24, 2.45) is 0 Å². The van der Waals surface area contributed by atoms with E-state index in [0.717, 1.165) is 15.6 Å². The summed E-state index contributed by atoms with van der Waals surface area (Å²) in [6.45, 7) is 2.03. The van der Waals surface area contributed by atoms with Crippen molar-refractivity contribution in [1.82, 2.24) is 19.8 Å². The van der Waals surface area contributed by atoms with E-state index < -0.39 is 0 Å². The van der Waals surface area contributed by atoms with E-state index >= 15 is 0 Å². The second kappa shape index (κ2) is 4.33. The molecule has 6 heteroatoms. The molecule has 0 amide bonds. The van der Waals surface area contributed by atoms with Crippen LogP contribution in [0.4, 0.5) is 0 Å². The lowest BCUT2D eigenvalue weighted by Crippen LogP contribution is -1.95. The standard InChI is InChI=1S/C12H8BrClN4/c1-7-4-8(6-9(13)5-7)12-16-15-11-3-2-10(14)17-18(11)12/h2-6H,1H3. The van der Waals surface area contributed by atoms with Crippen molar-refractivity contribution >= 4 is 33.2 Å². The molecule has 0 aliphatic carbocycles. The zero-order chi connectivity index (χ0) is 12.7. The Morgan fingerprint density at radius 3 is 2.78 bits per heavy atom. The van der Waals surface area contributed by atoms with E-state index in [1.807, 2.05) is 25.1 Å². The Morgan fingerprint density at radius 2 is 2.00 bits per heavy atom. The van der Waals surface area contributed by atoms with Crippen LogP contribution in [-0.4, -0.2) is 19.8 Å². The molecule has 0 aliphatic rings. The van der Waals surface area contributed by atoms with Crippen molar-refractivity contribution < 1.29 is 0 Å². The molecule has 0 fully saturated rings. The van der Waals surface area contributed by atoms with Gasteiger partial charge in [0.25, 0.3) is 0 Å². The molecule has 2 aromatic heterocycles. The summed E-state index contributed by atoms with van der Waals surface area (Å²) in [6.07, 6.45) is 0. The maximum absolute atomic E-state index is 5.90. The lowest BCUT2D eigenvalue weighted by atomic mass is 10.1. The number of nitrogens with zero attached hydrogens (tertiary/aromatic N) is 4. The van der Waals surface area contributed by atoms with Gasteiger partial charge in [-0.05, 0) is 42.8 Å². The van der Waals surface area contributed by atoms with Gasteiger partial charge in [0.15, 0.2) is 11.5 Å². The van der Waals surface area contributed by atoms with Crippen LogP contribution in [0.2, 0.25) is 5.15 Å². The number of hydrogen-bond donors (Lipinski definition) is 0. The van der Waals surface area contributed by atoms with E-state index in [0.29, 0.717) is 16.6 Å². The molecule has 0 saturated heterocycles. The summed E-state index contributed by atoms with van der Waals surface area (Å²) >= 11 is 9.37. The molecular formula is C12H8BrClN4. The molecule has 0 unspecified atom stereocenters. The average molecular weight is 324 g/mol. The molecule has 0 N–H and O–H groups in total. The Hall–Kier alpha value is -1.46. The first-order valence-electron chi connectivity index (χ1n) is 5.29. The largest absolute Gasteiger partial charge is 0.191 e. The molecule has 0 saturated carbocycles. The van der Waals surface area contributed by atoms with E-state index in [1.165, 1.54) is 0 Å². The van der Waals surface area contributed by atoms with Gasteiger partial charge in [0, 0.05) is 10.0 Å². The van der Waals surface area contributed by atoms with Gasteiger partial charge < -0.3 is 0 Å². The predicted molar refractivity (Wildman–Crippen MR) is 73.7 cm³/mol. The second-order valence-corrected chi connectivity index (χ2v) is 5.27. The summed E-state index contributed by atoms with van der Waals surface area (Å²) in [4.78, 5) is 0. The van der Waals surface area contributed by atoms with E-state index in [-0.39, 0.29) is 0 Å². The highest BCUT2D eigenvalue weighted by molar-refractivity contribution is 9.10. The Labute approximate surface area is 117 Å². The van der Waals surface area contributed by atoms with Crippen LogP contribution in [0.25, 0.3) is 17.0 Å². The number of rotatable bonds is 1. The number of fused-ring (bicyclic) bond motifs is 1. The highest BCUT2D eigenvalue weighted by Gasteiger charge is 2.10. The van der Waals surface area contributed by atoms with Gasteiger partial charge in [0.05, 0.1) is 0 Å². The Morgan fingerprint density at radius 1 is 1.17 bits per heavy atom. The zero-order valence-corrected chi connectivity index (χ0v) is 11.8. The summed E-state index contributed by atoms with van der Waals surface area (Å²) in [6, 6.07) is 9.53. The molecule has 0 spiro atoms. The van der Waals surface area contributed by atoms with Gasteiger partial charge in [-0.15, -0.1) is 10.2 Å². The molecule has 18 heavy (non-hydrogen) atoms. The van der Waals surface area contributed by atoms with Gasteiger partial charge in [-0.2, -0.15) is 9.61 Å². The van der Waals surface area contributed by atoms with Crippen LogP contribution < -0.4 is 0 Å². The maximum Gasteiger partial charge on any atom is 0.185 e. The van der Waals surface area contributed by atoms with Gasteiger partial charge in [0.2, 0.25) is 0 Å². The summed E-state index contributed by atoms with van der Waals surface area (Å²) in [5.74, 6) is 0.678. The van der Waals surface area contributed by atoms with Crippen molar-refractivity contribution in [2.75, 3.05) is 0 Å². The average Bonchev–Trinajstić information content (AvgIpc) is 2.70. The Bertz CT molecular complexity index is 718. The van der Waals surface area contributed by atoms with Gasteiger partial charge in [-0.25, -0.2) is 0 Å². The lowest BCUT2D eigenvalue weighted by molar-refractivity contribution is 0.936. The van der Waals surface area contributed by atoms with Gasteiger partial charge >= 0.3 is 0 Å². The smallest absolute Gasteiger partial charge is 0.185 e. The third kappa shape index (κ3) is 2.00. The van der Waals surface area contributed by atoms with Crippen LogP contribution in [0.5, 0.6) is 0 Å². The molecule has 0 atom stereocenters. The first kappa shape index (κ1) is 11.6. The van der Waals surface area contributed by atoms with E-state index in [2.05, 4.69) is 31.2 Å². The Balaban J connectivity index is 2.27. The molecule has 3 aromatic rings. The van der Waals surface area contributed by atoms with Crippen LogP contribution >= 0.6 is 27.5 Å². The summed E-state index contributed by atoms with van der Waals surface area (Å²) in [5.41, 5.74) is 2.76. The minimum atomic E-state index is 0.412. The third-order valence-corrected chi connectivity index (χ3v) is 3.19. The highest BCUT2D eigenvalue weighted by Crippen LogP contribution is 2.24. The van der Waals surface area contributed by atoms with Crippen LogP contribution in [0, 0.1) is 6.92 Å². The van der Waals surface area contributed by atoms with Crippen molar-refractivity contribution in [3.05, 3.63) is 45.5 Å².